The Morgan fingerprint density at radius 2 is 1.90 bits per heavy atom. The number of nitrogens with zero attached hydrogens (tertiary/aromatic N) is 3. The van der Waals surface area contributed by atoms with Crippen LogP contribution in [0.4, 0.5) is 0 Å². The summed E-state index contributed by atoms with van der Waals surface area (Å²) < 4.78 is 25.8. The van der Waals surface area contributed by atoms with Gasteiger partial charge in [0, 0.05) is 32.2 Å². The molecular formula is C13H13N3O4S. The lowest BCUT2D eigenvalue weighted by Gasteiger charge is -2.16. The second-order valence-corrected chi connectivity index (χ2v) is 6.30. The Labute approximate surface area is 121 Å². The molecule has 21 heavy (non-hydrogen) atoms. The molecule has 0 saturated carbocycles. The molecule has 0 fully saturated rings. The molecule has 0 radical (unpaired) electrons. The zero-order chi connectivity index (χ0) is 15.5. The van der Waals surface area contributed by atoms with Gasteiger partial charge in [0.15, 0.2) is 5.03 Å². The molecule has 0 atom stereocenters. The Morgan fingerprint density at radius 1 is 1.24 bits per heavy atom. The summed E-state index contributed by atoms with van der Waals surface area (Å²) in [5, 5.41) is 8.59. The first-order chi connectivity index (χ1) is 9.91. The molecule has 8 heteroatoms. The summed E-state index contributed by atoms with van der Waals surface area (Å²) in [6.45, 7) is 0.174. The van der Waals surface area contributed by atoms with E-state index in [0.29, 0.717) is 0 Å². The van der Waals surface area contributed by atoms with E-state index < -0.39 is 16.0 Å². The molecule has 0 saturated heterocycles. The van der Waals surface area contributed by atoms with Crippen LogP contribution in [0, 0.1) is 0 Å². The number of carboxylic acids is 1. The summed E-state index contributed by atoms with van der Waals surface area (Å²) in [5.74, 6) is -1.16. The molecule has 7 nitrogen and oxygen atoms in total. The molecular weight excluding hydrogens is 294 g/mol. The first-order valence-electron chi connectivity index (χ1n) is 5.96. The third-order valence-electron chi connectivity index (χ3n) is 2.81. The summed E-state index contributed by atoms with van der Waals surface area (Å²) >= 11 is 0. The van der Waals surface area contributed by atoms with Gasteiger partial charge in [0.05, 0.1) is 5.56 Å². The summed E-state index contributed by atoms with van der Waals surface area (Å²) in [6.07, 6.45) is 4.18. The van der Waals surface area contributed by atoms with Crippen LogP contribution in [0.5, 0.6) is 0 Å². The minimum absolute atomic E-state index is 0.0641. The molecule has 0 aliphatic heterocycles. The molecule has 0 aliphatic carbocycles. The predicted molar refractivity (Wildman–Crippen MR) is 74.1 cm³/mol. The number of hydrogen-bond acceptors (Lipinski definition) is 5. The van der Waals surface area contributed by atoms with Gasteiger partial charge in [0.2, 0.25) is 0 Å². The van der Waals surface area contributed by atoms with Gasteiger partial charge in [-0.3, -0.25) is 4.98 Å². The zero-order valence-corrected chi connectivity index (χ0v) is 12.0. The molecule has 2 aromatic rings. The lowest BCUT2D eigenvalue weighted by atomic mass is 10.3. The normalized spacial score (nSPS) is 11.5. The van der Waals surface area contributed by atoms with Crippen molar-refractivity contribution in [3.05, 3.63) is 54.0 Å². The van der Waals surface area contributed by atoms with Gasteiger partial charge in [-0.2, -0.15) is 4.31 Å². The van der Waals surface area contributed by atoms with Crippen molar-refractivity contribution in [3.63, 3.8) is 0 Å². The first-order valence-corrected chi connectivity index (χ1v) is 7.40. The van der Waals surface area contributed by atoms with Gasteiger partial charge in [-0.1, -0.05) is 0 Å². The van der Waals surface area contributed by atoms with Crippen molar-refractivity contribution in [1.29, 1.82) is 0 Å². The van der Waals surface area contributed by atoms with Gasteiger partial charge < -0.3 is 5.11 Å². The second kappa shape index (κ2) is 5.98. The van der Waals surface area contributed by atoms with Crippen LogP contribution < -0.4 is 0 Å². The fourth-order valence-electron chi connectivity index (χ4n) is 1.65. The number of carbonyl (C=O) groups is 1. The molecule has 0 bridgehead atoms. The summed E-state index contributed by atoms with van der Waals surface area (Å²) in [6, 6.07) is 5.82. The summed E-state index contributed by atoms with van der Waals surface area (Å²) in [4.78, 5) is 18.3. The maximum absolute atomic E-state index is 12.3. The summed E-state index contributed by atoms with van der Waals surface area (Å²) in [7, 11) is -2.34. The highest BCUT2D eigenvalue weighted by atomic mass is 32.2. The number of pyridine rings is 2. The molecule has 2 aromatic heterocycles. The molecule has 0 spiro atoms. The Morgan fingerprint density at radius 3 is 2.43 bits per heavy atom. The Kier molecular flexibility index (Phi) is 4.29. The Hall–Kier alpha value is -2.32. The van der Waals surface area contributed by atoms with Gasteiger partial charge in [-0.25, -0.2) is 18.2 Å². The van der Waals surface area contributed by atoms with E-state index in [1.54, 1.807) is 24.5 Å². The quantitative estimate of drug-likeness (QED) is 0.884. The monoisotopic (exact) mass is 307 g/mol. The van der Waals surface area contributed by atoms with Gasteiger partial charge in [-0.15, -0.1) is 0 Å². The largest absolute Gasteiger partial charge is 0.478 e. The molecule has 0 aliphatic rings. The highest BCUT2D eigenvalue weighted by Crippen LogP contribution is 2.14. The molecule has 110 valence electrons. The van der Waals surface area contributed by atoms with E-state index in [-0.39, 0.29) is 17.1 Å². The van der Waals surface area contributed by atoms with Crippen molar-refractivity contribution < 1.29 is 18.3 Å². The predicted octanol–water partition coefficient (Wildman–Crippen LogP) is 0.996. The SMILES string of the molecule is CN(Cc1ccncc1)S(=O)(=O)c1ccc(C(=O)O)cn1. The number of sulfonamides is 1. The maximum atomic E-state index is 12.3. The van der Waals surface area contributed by atoms with Crippen LogP contribution >= 0.6 is 0 Å². The minimum atomic E-state index is -3.77. The number of hydrogen-bond donors (Lipinski definition) is 1. The van der Waals surface area contributed by atoms with Crippen molar-refractivity contribution in [2.45, 2.75) is 11.6 Å². The Bertz CT molecular complexity index is 730. The van der Waals surface area contributed by atoms with Crippen molar-refractivity contribution in [2.24, 2.45) is 0 Å². The van der Waals surface area contributed by atoms with E-state index in [4.69, 9.17) is 5.11 Å². The molecule has 0 aromatic carbocycles. The molecule has 1 N–H and O–H groups in total. The fraction of sp³-hybridized carbons (Fsp3) is 0.154. The van der Waals surface area contributed by atoms with E-state index >= 15 is 0 Å². The molecule has 2 heterocycles. The molecule has 0 amide bonds. The second-order valence-electron chi connectivity index (χ2n) is 4.31. The summed E-state index contributed by atoms with van der Waals surface area (Å²) in [5.41, 5.74) is 0.726. The van der Waals surface area contributed by atoms with Crippen LogP contribution in [0.25, 0.3) is 0 Å². The Balaban J connectivity index is 2.22. The van der Waals surface area contributed by atoms with Gasteiger partial charge in [0.1, 0.15) is 0 Å². The van der Waals surface area contributed by atoms with E-state index in [1.807, 2.05) is 0 Å². The molecule has 0 unspecified atom stereocenters. The van der Waals surface area contributed by atoms with Gasteiger partial charge in [0.25, 0.3) is 10.0 Å². The third-order valence-corrected chi connectivity index (χ3v) is 4.53. The lowest BCUT2D eigenvalue weighted by molar-refractivity contribution is 0.0696. The number of aromatic nitrogens is 2. The van der Waals surface area contributed by atoms with Crippen molar-refractivity contribution in [2.75, 3.05) is 7.05 Å². The van der Waals surface area contributed by atoms with E-state index in [2.05, 4.69) is 9.97 Å². The van der Waals surface area contributed by atoms with Crippen LogP contribution in [0.15, 0.2) is 47.9 Å². The van der Waals surface area contributed by atoms with Gasteiger partial charge >= 0.3 is 5.97 Å². The smallest absolute Gasteiger partial charge is 0.337 e. The van der Waals surface area contributed by atoms with E-state index in [0.717, 1.165) is 16.1 Å². The lowest BCUT2D eigenvalue weighted by Crippen LogP contribution is -2.27. The van der Waals surface area contributed by atoms with E-state index in [9.17, 15) is 13.2 Å². The number of aromatic carboxylic acids is 1. The fourth-order valence-corrected chi connectivity index (χ4v) is 2.71. The minimum Gasteiger partial charge on any atom is -0.478 e. The van der Waals surface area contributed by atoms with Crippen LogP contribution in [-0.4, -0.2) is 40.8 Å². The maximum Gasteiger partial charge on any atom is 0.337 e. The third kappa shape index (κ3) is 3.41. The van der Waals surface area contributed by atoms with Crippen LogP contribution in [-0.2, 0) is 16.6 Å². The van der Waals surface area contributed by atoms with Crippen molar-refractivity contribution in [3.8, 4) is 0 Å². The van der Waals surface area contributed by atoms with Crippen LogP contribution in [0.2, 0.25) is 0 Å². The topological polar surface area (TPSA) is 100 Å². The van der Waals surface area contributed by atoms with Crippen LogP contribution in [0.3, 0.4) is 0 Å². The van der Waals surface area contributed by atoms with Gasteiger partial charge in [-0.05, 0) is 29.8 Å². The van der Waals surface area contributed by atoms with E-state index in [1.165, 1.54) is 19.2 Å². The van der Waals surface area contributed by atoms with Crippen molar-refractivity contribution >= 4 is 16.0 Å². The zero-order valence-electron chi connectivity index (χ0n) is 11.2. The first kappa shape index (κ1) is 15.1. The highest BCUT2D eigenvalue weighted by Gasteiger charge is 2.22. The van der Waals surface area contributed by atoms with Crippen molar-refractivity contribution in [1.82, 2.24) is 14.3 Å². The van der Waals surface area contributed by atoms with Crippen LogP contribution in [0.1, 0.15) is 15.9 Å². The number of carboxylic acid groups (broad SMARTS) is 1. The standard InChI is InChI=1S/C13H13N3O4S/c1-16(9-10-4-6-14-7-5-10)21(19,20)12-3-2-11(8-15-12)13(17)18/h2-8H,9H2,1H3,(H,17,18). The highest BCUT2D eigenvalue weighted by molar-refractivity contribution is 7.89. The molecule has 2 rings (SSSR count). The average molecular weight is 307 g/mol. The average Bonchev–Trinajstić information content (AvgIpc) is 2.48. The number of rotatable bonds is 5.